The molecule has 2 heterocycles. The molecule has 0 saturated carbocycles. The normalized spacial score (nSPS) is 16.5. The largest absolute Gasteiger partial charge is 0.497 e. The van der Waals surface area contributed by atoms with Gasteiger partial charge in [0.25, 0.3) is 0 Å². The number of hydrogen-bond acceptors (Lipinski definition) is 5. The minimum absolute atomic E-state index is 0.0103. The second kappa shape index (κ2) is 9.42. The smallest absolute Gasteiger partial charge is 0.249 e. The summed E-state index contributed by atoms with van der Waals surface area (Å²) in [7, 11) is -0.613. The van der Waals surface area contributed by atoms with Crippen molar-refractivity contribution >= 4 is 15.9 Å². The third-order valence-corrected chi connectivity index (χ3v) is 7.94. The van der Waals surface area contributed by atoms with Crippen molar-refractivity contribution in [1.82, 2.24) is 13.8 Å². The standard InChI is InChI=1S/C22H31N3O5S/c1-16-13-19(29-5)14-17(2)22(16)31(27,28)23(4)11-12-30-15-21(26)25-10-9-24-8-6-7-20(24)18(25)3/h6-8,13-14,18H,9-12,15H2,1-5H3. The molecule has 3 rings (SSSR count). The van der Waals surface area contributed by atoms with E-state index in [1.165, 1.54) is 11.4 Å². The topological polar surface area (TPSA) is 81.1 Å². The number of carbonyl (C=O) groups is 1. The number of amides is 1. The highest BCUT2D eigenvalue weighted by Gasteiger charge is 2.28. The molecule has 1 atom stereocenters. The van der Waals surface area contributed by atoms with Gasteiger partial charge in [0, 0.05) is 38.6 Å². The summed E-state index contributed by atoms with van der Waals surface area (Å²) in [6.45, 7) is 7.12. The van der Waals surface area contributed by atoms with E-state index < -0.39 is 10.0 Å². The molecule has 9 heteroatoms. The second-order valence-electron chi connectivity index (χ2n) is 7.86. The van der Waals surface area contributed by atoms with E-state index in [0.29, 0.717) is 23.4 Å². The Bertz CT molecular complexity index is 1020. The number of hydrogen-bond donors (Lipinski definition) is 0. The van der Waals surface area contributed by atoms with Gasteiger partial charge in [0.1, 0.15) is 12.4 Å². The van der Waals surface area contributed by atoms with E-state index in [1.807, 2.05) is 25.3 Å². The van der Waals surface area contributed by atoms with Crippen LogP contribution in [-0.4, -0.2) is 68.6 Å². The quantitative estimate of drug-likeness (QED) is 0.578. The van der Waals surface area contributed by atoms with Crippen molar-refractivity contribution in [3.05, 3.63) is 47.3 Å². The maximum absolute atomic E-state index is 13.0. The molecule has 0 saturated heterocycles. The van der Waals surface area contributed by atoms with Gasteiger partial charge in [-0.25, -0.2) is 8.42 Å². The van der Waals surface area contributed by atoms with Crippen LogP contribution < -0.4 is 4.74 Å². The highest BCUT2D eigenvalue weighted by atomic mass is 32.2. The van der Waals surface area contributed by atoms with Crippen LogP contribution in [0, 0.1) is 13.8 Å². The SMILES string of the molecule is COc1cc(C)c(S(=O)(=O)N(C)CCOCC(=O)N2CCn3cccc3C2C)c(C)c1. The van der Waals surface area contributed by atoms with Crippen LogP contribution in [0.3, 0.4) is 0 Å². The van der Waals surface area contributed by atoms with Crippen LogP contribution in [0.4, 0.5) is 0 Å². The van der Waals surface area contributed by atoms with Crippen molar-refractivity contribution in [1.29, 1.82) is 0 Å². The number of nitrogens with zero attached hydrogens (tertiary/aromatic N) is 3. The maximum atomic E-state index is 13.0. The lowest BCUT2D eigenvalue weighted by molar-refractivity contribution is -0.139. The molecule has 170 valence electrons. The molecule has 0 N–H and O–H groups in total. The number of sulfonamides is 1. The van der Waals surface area contributed by atoms with Gasteiger partial charge in [-0.05, 0) is 56.2 Å². The average molecular weight is 450 g/mol. The molecule has 0 fully saturated rings. The summed E-state index contributed by atoms with van der Waals surface area (Å²) in [5.74, 6) is 0.532. The molecule has 1 aromatic carbocycles. The number of carbonyl (C=O) groups excluding carboxylic acids is 1. The highest BCUT2D eigenvalue weighted by molar-refractivity contribution is 7.89. The van der Waals surface area contributed by atoms with Gasteiger partial charge in [-0.2, -0.15) is 4.31 Å². The van der Waals surface area contributed by atoms with Gasteiger partial charge < -0.3 is 18.9 Å². The van der Waals surface area contributed by atoms with Gasteiger partial charge in [-0.1, -0.05) is 0 Å². The van der Waals surface area contributed by atoms with Gasteiger partial charge in [-0.3, -0.25) is 4.79 Å². The van der Waals surface area contributed by atoms with Gasteiger partial charge in [-0.15, -0.1) is 0 Å². The molecule has 1 aliphatic rings. The van der Waals surface area contributed by atoms with Crippen molar-refractivity contribution in [2.45, 2.75) is 38.3 Å². The third-order valence-electron chi connectivity index (χ3n) is 5.78. The van der Waals surface area contributed by atoms with Gasteiger partial charge in [0.05, 0.1) is 24.7 Å². The highest BCUT2D eigenvalue weighted by Crippen LogP contribution is 2.28. The molecule has 1 aliphatic heterocycles. The average Bonchev–Trinajstić information content (AvgIpc) is 3.20. The van der Waals surface area contributed by atoms with E-state index in [2.05, 4.69) is 4.57 Å². The van der Waals surface area contributed by atoms with Crippen LogP contribution in [0.25, 0.3) is 0 Å². The lowest BCUT2D eigenvalue weighted by atomic mass is 10.1. The molecule has 31 heavy (non-hydrogen) atoms. The van der Waals surface area contributed by atoms with Gasteiger partial charge in [0.15, 0.2) is 0 Å². The zero-order chi connectivity index (χ0) is 22.8. The molecule has 0 spiro atoms. The Labute approximate surface area is 184 Å². The first-order valence-electron chi connectivity index (χ1n) is 10.3. The number of fused-ring (bicyclic) bond motifs is 1. The molecule has 1 amide bonds. The second-order valence-corrected chi connectivity index (χ2v) is 9.84. The molecule has 1 unspecified atom stereocenters. The lowest BCUT2D eigenvalue weighted by Crippen LogP contribution is -2.42. The van der Waals surface area contributed by atoms with Crippen molar-refractivity contribution in [3.63, 3.8) is 0 Å². The van der Waals surface area contributed by atoms with E-state index >= 15 is 0 Å². The summed E-state index contributed by atoms with van der Waals surface area (Å²) in [4.78, 5) is 14.7. The Balaban J connectivity index is 1.54. The van der Waals surface area contributed by atoms with Crippen LogP contribution in [0.1, 0.15) is 29.8 Å². The summed E-state index contributed by atoms with van der Waals surface area (Å²) < 4.78 is 40.2. The minimum atomic E-state index is -3.68. The molecule has 0 radical (unpaired) electrons. The van der Waals surface area contributed by atoms with E-state index in [9.17, 15) is 13.2 Å². The Hall–Kier alpha value is -2.36. The fraction of sp³-hybridized carbons (Fsp3) is 0.500. The fourth-order valence-corrected chi connectivity index (χ4v) is 5.62. The summed E-state index contributed by atoms with van der Waals surface area (Å²) in [5.41, 5.74) is 2.36. The van der Waals surface area contributed by atoms with Crippen LogP contribution in [-0.2, 0) is 26.1 Å². The Morgan fingerprint density at radius 2 is 1.90 bits per heavy atom. The van der Waals surface area contributed by atoms with Crippen LogP contribution in [0.5, 0.6) is 5.75 Å². The van der Waals surface area contributed by atoms with Crippen molar-refractivity contribution < 1.29 is 22.7 Å². The van der Waals surface area contributed by atoms with E-state index in [1.54, 1.807) is 38.0 Å². The first-order valence-corrected chi connectivity index (χ1v) is 11.7. The summed E-state index contributed by atoms with van der Waals surface area (Å²) >= 11 is 0. The predicted molar refractivity (Wildman–Crippen MR) is 118 cm³/mol. The number of likely N-dealkylation sites (N-methyl/N-ethyl adjacent to an activating group) is 1. The molecular formula is C22H31N3O5S. The van der Waals surface area contributed by atoms with Crippen LogP contribution in [0.15, 0.2) is 35.4 Å². The zero-order valence-electron chi connectivity index (χ0n) is 18.8. The number of rotatable bonds is 8. The van der Waals surface area contributed by atoms with Gasteiger partial charge in [0.2, 0.25) is 15.9 Å². The lowest BCUT2D eigenvalue weighted by Gasteiger charge is -2.35. The third kappa shape index (κ3) is 4.78. The molecule has 1 aromatic heterocycles. The Kier molecular flexibility index (Phi) is 7.08. The molecule has 0 aliphatic carbocycles. The zero-order valence-corrected chi connectivity index (χ0v) is 19.6. The maximum Gasteiger partial charge on any atom is 0.249 e. The van der Waals surface area contributed by atoms with Crippen molar-refractivity contribution in [2.75, 3.05) is 40.5 Å². The summed E-state index contributed by atoms with van der Waals surface area (Å²) in [5, 5.41) is 0. The molecular weight excluding hydrogens is 418 g/mol. The van der Waals surface area contributed by atoms with Crippen molar-refractivity contribution in [3.8, 4) is 5.75 Å². The predicted octanol–water partition coefficient (Wildman–Crippen LogP) is 2.35. The van der Waals surface area contributed by atoms with E-state index in [-0.39, 0.29) is 36.6 Å². The summed E-state index contributed by atoms with van der Waals surface area (Å²) in [6.07, 6.45) is 2.02. The number of ether oxygens (including phenoxy) is 2. The molecule has 0 bridgehead atoms. The van der Waals surface area contributed by atoms with Crippen LogP contribution >= 0.6 is 0 Å². The Morgan fingerprint density at radius 1 is 1.23 bits per heavy atom. The number of aryl methyl sites for hydroxylation is 2. The van der Waals surface area contributed by atoms with Crippen molar-refractivity contribution in [2.24, 2.45) is 0 Å². The number of methoxy groups -OCH3 is 1. The molecule has 8 nitrogen and oxygen atoms in total. The van der Waals surface area contributed by atoms with Gasteiger partial charge >= 0.3 is 0 Å². The first-order chi connectivity index (χ1) is 14.7. The van der Waals surface area contributed by atoms with E-state index in [0.717, 1.165) is 12.2 Å². The minimum Gasteiger partial charge on any atom is -0.497 e. The fourth-order valence-electron chi connectivity index (χ4n) is 4.07. The Morgan fingerprint density at radius 3 is 2.55 bits per heavy atom. The summed E-state index contributed by atoms with van der Waals surface area (Å²) in [6, 6.07) is 7.41. The van der Waals surface area contributed by atoms with E-state index in [4.69, 9.17) is 9.47 Å². The number of benzene rings is 1. The monoisotopic (exact) mass is 449 g/mol. The first kappa shape index (κ1) is 23.3. The molecule has 2 aromatic rings. The number of aromatic nitrogens is 1. The van der Waals surface area contributed by atoms with Crippen LogP contribution in [0.2, 0.25) is 0 Å².